The molecule has 0 atom stereocenters. The summed E-state index contributed by atoms with van der Waals surface area (Å²) in [6.45, 7) is 5.28. The van der Waals surface area contributed by atoms with Gasteiger partial charge in [0.2, 0.25) is 5.91 Å². The first-order valence-electron chi connectivity index (χ1n) is 12.5. The maximum absolute atomic E-state index is 12.8. The number of hydrazine groups is 1. The summed E-state index contributed by atoms with van der Waals surface area (Å²) in [5, 5.41) is 3.48. The maximum atomic E-state index is 12.8. The van der Waals surface area contributed by atoms with Crippen molar-refractivity contribution in [3.05, 3.63) is 24.3 Å². The van der Waals surface area contributed by atoms with Crippen molar-refractivity contribution >= 4 is 97.2 Å². The molecule has 1 aliphatic rings. The zero-order chi connectivity index (χ0) is 28.1. The van der Waals surface area contributed by atoms with Crippen LogP contribution in [0.3, 0.4) is 0 Å². The van der Waals surface area contributed by atoms with Gasteiger partial charge in [0.1, 0.15) is 0 Å². The molecule has 0 saturated carbocycles. The van der Waals surface area contributed by atoms with Crippen LogP contribution in [-0.4, -0.2) is 137 Å². The highest BCUT2D eigenvalue weighted by Gasteiger charge is 2.25. The van der Waals surface area contributed by atoms with Gasteiger partial charge >= 0.3 is 17.9 Å². The summed E-state index contributed by atoms with van der Waals surface area (Å²) in [6, 6.07) is 7.00. The highest BCUT2D eigenvalue weighted by molar-refractivity contribution is 5.90. The van der Waals surface area contributed by atoms with Gasteiger partial charge in [-0.3, -0.25) is 33.9 Å². The molecule has 1 aliphatic heterocycles. The fourth-order valence-electron chi connectivity index (χ4n) is 4.10. The largest absolute Gasteiger partial charge is 0.468 e. The van der Waals surface area contributed by atoms with Crippen LogP contribution < -0.4 is 10.7 Å². The van der Waals surface area contributed by atoms with Crippen LogP contribution >= 0.6 is 62.0 Å². The Hall–Kier alpha value is -1.81. The van der Waals surface area contributed by atoms with Gasteiger partial charge in [-0.15, -0.1) is 62.0 Å². The Bertz CT molecular complexity index is 918. The number of nitrogens with two attached hydrogens (primary N) is 1. The summed E-state index contributed by atoms with van der Waals surface area (Å²) in [5.74, 6) is -1.32. The van der Waals surface area contributed by atoms with Crippen LogP contribution in [0.1, 0.15) is 6.92 Å². The van der Waals surface area contributed by atoms with Gasteiger partial charge in [0.15, 0.2) is 0 Å². The van der Waals surface area contributed by atoms with E-state index in [1.807, 2.05) is 19.7 Å². The molecule has 0 aliphatic carbocycles. The second-order valence-electron chi connectivity index (χ2n) is 8.93. The summed E-state index contributed by atoms with van der Waals surface area (Å²) in [5.41, 5.74) is 7.09. The smallest absolute Gasteiger partial charge is 0.319 e. The first-order valence-corrected chi connectivity index (χ1v) is 12.5. The highest BCUT2D eigenvalue weighted by atomic mass is 35.5. The molecule has 0 bridgehead atoms. The minimum Gasteiger partial charge on any atom is -0.468 e. The molecule has 1 saturated heterocycles. The molecule has 1 fully saturated rings. The molecule has 2 N–H and O–H groups in total. The van der Waals surface area contributed by atoms with Crippen molar-refractivity contribution in [1.29, 1.82) is 0 Å². The van der Waals surface area contributed by atoms with Crippen molar-refractivity contribution in [3.8, 4) is 0 Å². The van der Waals surface area contributed by atoms with Gasteiger partial charge in [-0.25, -0.2) is 10.0 Å². The summed E-state index contributed by atoms with van der Waals surface area (Å²) >= 11 is 0. The van der Waals surface area contributed by atoms with Crippen LogP contribution in [0.4, 0.5) is 11.4 Å². The molecule has 13 nitrogen and oxygen atoms in total. The van der Waals surface area contributed by atoms with Gasteiger partial charge in [-0.1, -0.05) is 0 Å². The van der Waals surface area contributed by atoms with Crippen molar-refractivity contribution in [1.82, 2.24) is 19.7 Å². The fraction of sp³-hybridized carbons (Fsp3) is 0.600. The molecular formula is C25H45Cl5N6O7. The lowest BCUT2D eigenvalue weighted by Gasteiger charge is -2.38. The quantitative estimate of drug-likeness (QED) is 0.236. The Balaban J connectivity index is -0.00000152. The monoisotopic (exact) mass is 716 g/mol. The van der Waals surface area contributed by atoms with E-state index in [9.17, 15) is 19.2 Å². The maximum Gasteiger partial charge on any atom is 0.319 e. The summed E-state index contributed by atoms with van der Waals surface area (Å²) in [4.78, 5) is 54.9. The average Bonchev–Trinajstić information content (AvgIpc) is 2.90. The number of benzene rings is 1. The molecule has 1 amide bonds. The Morgan fingerprint density at radius 1 is 0.628 bits per heavy atom. The molecule has 0 aromatic heterocycles. The number of carbonyl (C=O) groups excluding carboxylic acids is 4. The lowest BCUT2D eigenvalue weighted by atomic mass is 10.2. The Morgan fingerprint density at radius 3 is 1.21 bits per heavy atom. The molecule has 0 spiro atoms. The molecule has 0 radical (unpaired) electrons. The van der Waals surface area contributed by atoms with E-state index < -0.39 is 0 Å². The number of esters is 3. The number of hydrogen-bond acceptors (Lipinski definition) is 12. The third-order valence-corrected chi connectivity index (χ3v) is 6.27. The molecule has 0 unspecified atom stereocenters. The number of carbonyl (C=O) groups is 4. The predicted molar refractivity (Wildman–Crippen MR) is 177 cm³/mol. The second-order valence-corrected chi connectivity index (χ2v) is 8.93. The lowest BCUT2D eigenvalue weighted by molar-refractivity contribution is -0.144. The van der Waals surface area contributed by atoms with Crippen LogP contribution in [0.2, 0.25) is 0 Å². The average molecular weight is 719 g/mol. The zero-order valence-corrected chi connectivity index (χ0v) is 28.9. The number of hydrogen-bond donors (Lipinski definition) is 1. The minimum absolute atomic E-state index is 0. The molecule has 1 heterocycles. The number of ether oxygens (including phenoxy) is 3. The first-order chi connectivity index (χ1) is 18.2. The second kappa shape index (κ2) is 25.5. The Morgan fingerprint density at radius 2 is 0.930 bits per heavy atom. The number of anilines is 2. The van der Waals surface area contributed by atoms with E-state index in [2.05, 4.69) is 0 Å². The topological polar surface area (TPSA) is 138 Å². The van der Waals surface area contributed by atoms with Gasteiger partial charge in [0, 0.05) is 65.0 Å². The molecule has 1 aromatic rings. The number of nitrogens with zero attached hydrogens (tertiary/aromatic N) is 5. The van der Waals surface area contributed by atoms with Gasteiger partial charge < -0.3 is 19.9 Å². The fourth-order valence-corrected chi connectivity index (χ4v) is 4.10. The molecule has 1 aromatic carbocycles. The summed E-state index contributed by atoms with van der Waals surface area (Å²) in [7, 11) is 4.01. The molecule has 252 valence electrons. The van der Waals surface area contributed by atoms with Crippen LogP contribution in [0.15, 0.2) is 24.3 Å². The van der Waals surface area contributed by atoms with Crippen LogP contribution in [0.25, 0.3) is 0 Å². The third kappa shape index (κ3) is 17.3. The van der Waals surface area contributed by atoms with E-state index in [1.54, 1.807) is 29.3 Å². The van der Waals surface area contributed by atoms with Crippen LogP contribution in [0, 0.1) is 0 Å². The normalized spacial score (nSPS) is 15.1. The van der Waals surface area contributed by atoms with E-state index in [1.165, 1.54) is 28.3 Å². The standard InChI is InChI=1S/C25H40N6O7.5ClH/c1-20(32)31(22-7-5-21(26)6-8-22)30-15-13-28(18-24(34)37-3)11-9-27(17-23(33)36-2)10-12-29(14-16-30)19-25(35)38-4;;;;;/h5-8H,9-19,26H2,1-4H3;5*1H. The molecule has 2 rings (SSSR count). The van der Waals surface area contributed by atoms with Crippen molar-refractivity contribution in [2.45, 2.75) is 6.92 Å². The van der Waals surface area contributed by atoms with Gasteiger partial charge in [0.05, 0.1) is 46.7 Å². The first kappa shape index (κ1) is 48.1. The summed E-state index contributed by atoms with van der Waals surface area (Å²) in [6.07, 6.45) is 0. The minimum atomic E-state index is -0.380. The van der Waals surface area contributed by atoms with E-state index in [-0.39, 0.29) is 105 Å². The van der Waals surface area contributed by atoms with Crippen LogP contribution in [-0.2, 0) is 33.4 Å². The van der Waals surface area contributed by atoms with Crippen molar-refractivity contribution in [2.24, 2.45) is 0 Å². The van der Waals surface area contributed by atoms with Gasteiger partial charge in [0.25, 0.3) is 0 Å². The third-order valence-electron chi connectivity index (χ3n) is 6.27. The lowest BCUT2D eigenvalue weighted by Crippen LogP contribution is -2.54. The zero-order valence-electron chi connectivity index (χ0n) is 24.8. The van der Waals surface area contributed by atoms with Gasteiger partial charge in [-0.2, -0.15) is 0 Å². The van der Waals surface area contributed by atoms with Crippen molar-refractivity contribution in [3.63, 3.8) is 0 Å². The van der Waals surface area contributed by atoms with Crippen molar-refractivity contribution in [2.75, 3.05) is 104 Å². The molecule has 43 heavy (non-hydrogen) atoms. The van der Waals surface area contributed by atoms with Crippen LogP contribution in [0.5, 0.6) is 0 Å². The predicted octanol–water partition coefficient (Wildman–Crippen LogP) is 1.39. The van der Waals surface area contributed by atoms with E-state index in [0.29, 0.717) is 63.7 Å². The van der Waals surface area contributed by atoms with E-state index >= 15 is 0 Å². The molecule has 18 heteroatoms. The SMILES string of the molecule is COC(=O)CN1CCN(CC(=O)OC)CCN(N(C(C)=O)c2ccc(N)cc2)CCN(CC(=O)OC)CC1.Cl.Cl.Cl.Cl.Cl. The Kier molecular flexibility index (Phi) is 28.5. The van der Waals surface area contributed by atoms with Crippen molar-refractivity contribution < 1.29 is 33.4 Å². The van der Waals surface area contributed by atoms with E-state index in [0.717, 1.165) is 0 Å². The molecular weight excluding hydrogens is 674 g/mol. The summed E-state index contributed by atoms with van der Waals surface area (Å²) < 4.78 is 14.6. The van der Waals surface area contributed by atoms with Gasteiger partial charge in [-0.05, 0) is 24.3 Å². The number of nitrogen functional groups attached to an aromatic ring is 1. The Labute approximate surface area is 284 Å². The highest BCUT2D eigenvalue weighted by Crippen LogP contribution is 2.19. The number of amides is 1. The number of methoxy groups -OCH3 is 3. The van der Waals surface area contributed by atoms with E-state index in [4.69, 9.17) is 19.9 Å². The number of halogens is 5. The number of rotatable bonds is 8.